The van der Waals surface area contributed by atoms with Crippen LogP contribution in [0.4, 0.5) is 5.69 Å². The Bertz CT molecular complexity index is 796. The van der Waals surface area contributed by atoms with E-state index in [1.54, 1.807) is 30.3 Å². The first-order valence-corrected chi connectivity index (χ1v) is 7.43. The van der Waals surface area contributed by atoms with Crippen LogP contribution in [-0.2, 0) is 4.79 Å². The van der Waals surface area contributed by atoms with Gasteiger partial charge in [0.25, 0.3) is 5.91 Å². The van der Waals surface area contributed by atoms with E-state index in [1.807, 2.05) is 0 Å². The van der Waals surface area contributed by atoms with Gasteiger partial charge in [-0.25, -0.2) is 4.79 Å². The summed E-state index contributed by atoms with van der Waals surface area (Å²) < 4.78 is 5.54. The van der Waals surface area contributed by atoms with Crippen molar-refractivity contribution in [3.63, 3.8) is 0 Å². The number of carbonyl (C=O) groups is 2. The molecular weight excluding hydrogens is 322 g/mol. The molecule has 5 nitrogen and oxygen atoms in total. The zero-order valence-electron chi connectivity index (χ0n) is 11.1. The second kappa shape index (κ2) is 5.78. The predicted octanol–water partition coefficient (Wildman–Crippen LogP) is 3.38. The minimum absolute atomic E-state index is 0.0987. The van der Waals surface area contributed by atoms with Crippen LogP contribution in [0.25, 0.3) is 6.08 Å². The Labute approximate surface area is 135 Å². The average Bonchev–Trinajstić information content (AvgIpc) is 3.08. The molecule has 1 aliphatic heterocycles. The maximum absolute atomic E-state index is 12.5. The molecule has 0 unspecified atom stereocenters. The van der Waals surface area contributed by atoms with E-state index in [1.165, 1.54) is 23.3 Å². The molecule has 1 aliphatic rings. The Morgan fingerprint density at radius 1 is 1.32 bits per heavy atom. The summed E-state index contributed by atoms with van der Waals surface area (Å²) in [4.78, 5) is 25.3. The fourth-order valence-corrected chi connectivity index (χ4v) is 3.25. The van der Waals surface area contributed by atoms with Gasteiger partial charge in [0, 0.05) is 6.08 Å². The molecule has 2 heterocycles. The van der Waals surface area contributed by atoms with Crippen molar-refractivity contribution >= 4 is 51.9 Å². The lowest BCUT2D eigenvalue weighted by molar-refractivity contribution is -0.113. The number of aromatic carboxylic acids is 1. The molecule has 0 radical (unpaired) electrons. The number of anilines is 1. The first-order chi connectivity index (χ1) is 10.6. The van der Waals surface area contributed by atoms with Gasteiger partial charge in [-0.05, 0) is 30.3 Å². The van der Waals surface area contributed by atoms with Crippen molar-refractivity contribution in [2.24, 2.45) is 0 Å². The second-order valence-electron chi connectivity index (χ2n) is 4.39. The zero-order chi connectivity index (χ0) is 15.7. The van der Waals surface area contributed by atoms with Gasteiger partial charge in [0.05, 0.1) is 22.4 Å². The van der Waals surface area contributed by atoms with Crippen LogP contribution in [0.1, 0.15) is 16.1 Å². The largest absolute Gasteiger partial charge is 0.478 e. The molecule has 3 rings (SSSR count). The van der Waals surface area contributed by atoms with Crippen molar-refractivity contribution < 1.29 is 19.1 Å². The lowest BCUT2D eigenvalue weighted by atomic mass is 10.2. The molecule has 110 valence electrons. The third kappa shape index (κ3) is 2.68. The minimum Gasteiger partial charge on any atom is -0.478 e. The fraction of sp³-hybridized carbons (Fsp3) is 0. The molecule has 2 aromatic rings. The van der Waals surface area contributed by atoms with E-state index in [0.29, 0.717) is 20.7 Å². The zero-order valence-corrected chi connectivity index (χ0v) is 12.7. The Balaban J connectivity index is 1.95. The summed E-state index contributed by atoms with van der Waals surface area (Å²) in [5, 5.41) is 9.04. The van der Waals surface area contributed by atoms with Crippen molar-refractivity contribution in [2.75, 3.05) is 4.90 Å². The van der Waals surface area contributed by atoms with Gasteiger partial charge >= 0.3 is 5.97 Å². The molecule has 7 heteroatoms. The number of carboxylic acids is 1. The Hall–Kier alpha value is -2.38. The fourth-order valence-electron chi connectivity index (χ4n) is 1.97. The van der Waals surface area contributed by atoms with Gasteiger partial charge in [0.2, 0.25) is 0 Å². The topological polar surface area (TPSA) is 70.8 Å². The summed E-state index contributed by atoms with van der Waals surface area (Å²) >= 11 is 6.38. The van der Waals surface area contributed by atoms with Gasteiger partial charge in [-0.3, -0.25) is 9.69 Å². The number of rotatable bonds is 3. The van der Waals surface area contributed by atoms with E-state index < -0.39 is 5.97 Å². The van der Waals surface area contributed by atoms with Crippen LogP contribution in [0, 0.1) is 0 Å². The van der Waals surface area contributed by atoms with Crippen LogP contribution in [-0.4, -0.2) is 21.3 Å². The number of carboxylic acid groups (broad SMARTS) is 1. The van der Waals surface area contributed by atoms with E-state index in [2.05, 4.69) is 0 Å². The van der Waals surface area contributed by atoms with Crippen LogP contribution in [0.5, 0.6) is 0 Å². The van der Waals surface area contributed by atoms with Crippen molar-refractivity contribution in [1.82, 2.24) is 0 Å². The van der Waals surface area contributed by atoms with Crippen LogP contribution in [0.15, 0.2) is 52.0 Å². The highest BCUT2D eigenvalue weighted by molar-refractivity contribution is 8.27. The Morgan fingerprint density at radius 3 is 2.82 bits per heavy atom. The van der Waals surface area contributed by atoms with E-state index in [0.717, 1.165) is 11.8 Å². The molecule has 1 aromatic heterocycles. The van der Waals surface area contributed by atoms with E-state index >= 15 is 0 Å². The number of carbonyl (C=O) groups excluding carboxylic acids is 1. The third-order valence-electron chi connectivity index (χ3n) is 2.96. The second-order valence-corrected chi connectivity index (χ2v) is 6.06. The maximum atomic E-state index is 12.5. The number of thiocarbonyl (C=S) groups is 1. The first kappa shape index (κ1) is 14.6. The molecule has 0 saturated carbocycles. The molecule has 0 bridgehead atoms. The minimum atomic E-state index is -1.06. The molecule has 1 amide bonds. The average molecular weight is 331 g/mol. The molecule has 1 saturated heterocycles. The number of benzene rings is 1. The standard InChI is InChI=1S/C15H9NO4S2/c17-13-12(8-11-5-2-6-20-11)22-15(21)16(13)10-4-1-3-9(7-10)14(18)19/h1-8H,(H,18,19)/b12-8-. The normalized spacial score (nSPS) is 16.5. The summed E-state index contributed by atoms with van der Waals surface area (Å²) in [7, 11) is 0. The van der Waals surface area contributed by atoms with E-state index in [-0.39, 0.29) is 11.5 Å². The summed E-state index contributed by atoms with van der Waals surface area (Å²) in [6.07, 6.45) is 3.13. The quantitative estimate of drug-likeness (QED) is 0.687. The molecule has 1 fully saturated rings. The highest BCUT2D eigenvalue weighted by Crippen LogP contribution is 2.36. The lowest BCUT2D eigenvalue weighted by Gasteiger charge is -2.14. The van der Waals surface area contributed by atoms with Gasteiger partial charge in [-0.2, -0.15) is 0 Å². The monoisotopic (exact) mass is 331 g/mol. The van der Waals surface area contributed by atoms with Gasteiger partial charge in [0.15, 0.2) is 4.32 Å². The summed E-state index contributed by atoms with van der Waals surface area (Å²) in [5.41, 5.74) is 0.534. The SMILES string of the molecule is O=C(O)c1cccc(N2C(=O)/C(=C/c3ccco3)SC2=S)c1. The van der Waals surface area contributed by atoms with Crippen LogP contribution < -0.4 is 4.90 Å². The maximum Gasteiger partial charge on any atom is 0.335 e. The lowest BCUT2D eigenvalue weighted by Crippen LogP contribution is -2.27. The number of furan rings is 1. The van der Waals surface area contributed by atoms with E-state index in [9.17, 15) is 9.59 Å². The Morgan fingerprint density at radius 2 is 2.14 bits per heavy atom. The molecule has 0 atom stereocenters. The van der Waals surface area contributed by atoms with Crippen LogP contribution in [0.3, 0.4) is 0 Å². The van der Waals surface area contributed by atoms with Gasteiger partial charge in [0.1, 0.15) is 5.76 Å². The number of hydrogen-bond acceptors (Lipinski definition) is 5. The highest BCUT2D eigenvalue weighted by atomic mass is 32.2. The molecule has 1 aromatic carbocycles. The molecule has 22 heavy (non-hydrogen) atoms. The van der Waals surface area contributed by atoms with Gasteiger partial charge < -0.3 is 9.52 Å². The van der Waals surface area contributed by atoms with Crippen molar-refractivity contribution in [1.29, 1.82) is 0 Å². The summed E-state index contributed by atoms with van der Waals surface area (Å²) in [6.45, 7) is 0. The predicted molar refractivity (Wildman–Crippen MR) is 87.8 cm³/mol. The molecular formula is C15H9NO4S2. The first-order valence-electron chi connectivity index (χ1n) is 6.21. The summed E-state index contributed by atoms with van der Waals surface area (Å²) in [5.74, 6) is -0.799. The van der Waals surface area contributed by atoms with Crippen LogP contribution >= 0.6 is 24.0 Å². The molecule has 0 spiro atoms. The molecule has 1 N–H and O–H groups in total. The highest BCUT2D eigenvalue weighted by Gasteiger charge is 2.33. The van der Waals surface area contributed by atoms with Gasteiger partial charge in [-0.1, -0.05) is 30.0 Å². The Kier molecular flexibility index (Phi) is 3.82. The smallest absolute Gasteiger partial charge is 0.335 e. The summed E-state index contributed by atoms with van der Waals surface area (Å²) in [6, 6.07) is 9.56. The number of thioether (sulfide) groups is 1. The van der Waals surface area contributed by atoms with Crippen LogP contribution in [0.2, 0.25) is 0 Å². The third-order valence-corrected chi connectivity index (χ3v) is 4.26. The van der Waals surface area contributed by atoms with Crippen molar-refractivity contribution in [3.05, 3.63) is 58.9 Å². The van der Waals surface area contributed by atoms with Gasteiger partial charge in [-0.15, -0.1) is 0 Å². The van der Waals surface area contributed by atoms with Crippen molar-refractivity contribution in [2.45, 2.75) is 0 Å². The van der Waals surface area contributed by atoms with E-state index in [4.69, 9.17) is 21.7 Å². The number of nitrogens with zero attached hydrogens (tertiary/aromatic N) is 1. The molecule has 0 aliphatic carbocycles. The van der Waals surface area contributed by atoms with Crippen molar-refractivity contribution in [3.8, 4) is 0 Å². The number of amides is 1. The number of hydrogen-bond donors (Lipinski definition) is 1.